The third-order valence-electron chi connectivity index (χ3n) is 10.8. The van der Waals surface area contributed by atoms with Gasteiger partial charge in [-0.25, -0.2) is 9.59 Å². The number of phenols is 1. The van der Waals surface area contributed by atoms with Gasteiger partial charge in [0.1, 0.15) is 59.9 Å². The van der Waals surface area contributed by atoms with Crippen LogP contribution < -0.4 is 24.8 Å². The highest BCUT2D eigenvalue weighted by molar-refractivity contribution is 7.53. The lowest BCUT2D eigenvalue weighted by molar-refractivity contribution is -0.121. The standard InChI is InChI=1S/C27H44NO8PSi.C18H24NO8P/c1-9-35-37(31,36-10-2)18-28-23(29)14-12-19(3)11-13-21-25(32-5)20(4)22-17-34-27(30)24(22)26(21)33-15-16-38(6,7)8;1-10(5-7-14(20)19-9-28(23,24)25)4-6-12-16(21)15-13(8-27-18(15)22)11(2)17(12)26-3/h11H,9-10,12-18H2,1-8H3,(H,28,29);4,21H,5-9H2,1-3H3,(H,19,20)(H2,23,24,25)/b19-11+;10-4+. The fourth-order valence-corrected chi connectivity index (χ4v) is 9.62. The molecule has 2 aliphatic heterocycles. The number of hydrogen-bond acceptors (Lipinski definition) is 14. The van der Waals surface area contributed by atoms with Crippen LogP contribution in [0.4, 0.5) is 0 Å². The van der Waals surface area contributed by atoms with Gasteiger partial charge >= 0.3 is 27.1 Å². The van der Waals surface area contributed by atoms with E-state index in [2.05, 4.69) is 30.3 Å². The number of fused-ring (bicyclic) bond motifs is 2. The number of benzene rings is 2. The number of methoxy groups -OCH3 is 2. The van der Waals surface area contributed by atoms with E-state index in [1.54, 1.807) is 40.9 Å². The molecule has 2 aromatic rings. The minimum Gasteiger partial charge on any atom is -0.507 e. The normalized spacial score (nSPS) is 13.8. The number of carbonyl (C=O) groups excluding carboxylic acids is 4. The number of phenolic OH excluding ortho intramolecular Hbond substituents is 1. The zero-order valence-electron chi connectivity index (χ0n) is 40.1. The summed E-state index contributed by atoms with van der Waals surface area (Å²) in [5.74, 6) is -0.0943. The Balaban J connectivity index is 0.000000367. The van der Waals surface area contributed by atoms with E-state index in [1.807, 2.05) is 19.9 Å². The highest BCUT2D eigenvalue weighted by Crippen LogP contribution is 2.47. The highest BCUT2D eigenvalue weighted by Gasteiger charge is 2.34. The average molecular weight is 983 g/mol. The average Bonchev–Trinajstić information content (AvgIpc) is 3.83. The fraction of sp³-hybridized carbons (Fsp3) is 0.556. The number of nitrogens with one attached hydrogen (secondary N) is 2. The predicted molar refractivity (Wildman–Crippen MR) is 251 cm³/mol. The molecule has 0 bridgehead atoms. The van der Waals surface area contributed by atoms with E-state index in [0.717, 1.165) is 39.4 Å². The number of hydrogen-bond donors (Lipinski definition) is 5. The molecule has 0 saturated heterocycles. The van der Waals surface area contributed by atoms with Crippen molar-refractivity contribution in [3.05, 3.63) is 67.8 Å². The van der Waals surface area contributed by atoms with Crippen molar-refractivity contribution in [2.24, 2.45) is 0 Å². The number of ether oxygens (including phenoxy) is 5. The number of cyclic esters (lactones) is 2. The second-order valence-corrected chi connectivity index (χ2v) is 26.4. The first kappa shape index (κ1) is 55.8. The smallest absolute Gasteiger partial charge is 0.349 e. The number of rotatable bonds is 24. The summed E-state index contributed by atoms with van der Waals surface area (Å²) in [6, 6.07) is 0.954. The van der Waals surface area contributed by atoms with Gasteiger partial charge in [-0.1, -0.05) is 42.9 Å². The molecule has 4 rings (SSSR count). The summed E-state index contributed by atoms with van der Waals surface area (Å²) in [4.78, 5) is 66.1. The fourth-order valence-electron chi connectivity index (χ4n) is 7.11. The molecular weight excluding hydrogens is 915 g/mol. The van der Waals surface area contributed by atoms with Crippen LogP contribution in [0.5, 0.6) is 23.0 Å². The van der Waals surface area contributed by atoms with Crippen LogP contribution in [0.1, 0.15) is 107 Å². The van der Waals surface area contributed by atoms with Crippen molar-refractivity contribution in [3.63, 3.8) is 0 Å². The molecule has 5 N–H and O–H groups in total. The highest BCUT2D eigenvalue weighted by atomic mass is 31.2. The van der Waals surface area contributed by atoms with Gasteiger partial charge in [0.2, 0.25) is 11.8 Å². The Morgan fingerprint density at radius 1 is 0.727 bits per heavy atom. The third-order valence-corrected chi connectivity index (χ3v) is 14.9. The van der Waals surface area contributed by atoms with E-state index >= 15 is 0 Å². The van der Waals surface area contributed by atoms with Crippen LogP contribution in [-0.2, 0) is 63.3 Å². The van der Waals surface area contributed by atoms with Crippen molar-refractivity contribution >= 4 is 47.0 Å². The molecule has 2 amide bonds. The van der Waals surface area contributed by atoms with Crippen LogP contribution in [0.25, 0.3) is 0 Å². The van der Waals surface area contributed by atoms with Gasteiger partial charge in [0.05, 0.1) is 34.0 Å². The van der Waals surface area contributed by atoms with Gasteiger partial charge in [-0.2, -0.15) is 0 Å². The van der Waals surface area contributed by atoms with Gasteiger partial charge in [-0.15, -0.1) is 0 Å². The summed E-state index contributed by atoms with van der Waals surface area (Å²) in [5, 5.41) is 15.4. The summed E-state index contributed by atoms with van der Waals surface area (Å²) in [7, 11) is -5.86. The number of aromatic hydroxyl groups is 1. The first-order chi connectivity index (χ1) is 30.9. The second kappa shape index (κ2) is 25.0. The minimum absolute atomic E-state index is 0.0704. The summed E-state index contributed by atoms with van der Waals surface area (Å²) < 4.78 is 61.5. The van der Waals surface area contributed by atoms with Crippen molar-refractivity contribution in [1.29, 1.82) is 0 Å². The molecule has 0 aliphatic carbocycles. The molecule has 0 saturated carbocycles. The molecule has 368 valence electrons. The molecule has 0 fully saturated rings. The predicted octanol–water partition coefficient (Wildman–Crippen LogP) is 7.90. The van der Waals surface area contributed by atoms with Gasteiger partial charge in [-0.05, 0) is 84.4 Å². The summed E-state index contributed by atoms with van der Waals surface area (Å²) in [6.07, 6.45) is 4.93. The van der Waals surface area contributed by atoms with Crippen molar-refractivity contribution < 1.29 is 75.9 Å². The molecule has 0 aromatic heterocycles. The van der Waals surface area contributed by atoms with Crippen LogP contribution >= 0.6 is 15.2 Å². The molecule has 0 unspecified atom stereocenters. The summed E-state index contributed by atoms with van der Waals surface area (Å²) in [5.41, 5.74) is 6.79. The molecule has 18 nitrogen and oxygen atoms in total. The van der Waals surface area contributed by atoms with Gasteiger partial charge in [0, 0.05) is 43.2 Å². The molecule has 0 radical (unpaired) electrons. The maximum absolute atomic E-state index is 12.6. The molecule has 2 aliphatic rings. The molecule has 66 heavy (non-hydrogen) atoms. The van der Waals surface area contributed by atoms with E-state index < -0.39 is 41.4 Å². The van der Waals surface area contributed by atoms with Gasteiger partial charge in [0.25, 0.3) is 0 Å². The SMILES string of the molecule is CCOP(=O)(CNC(=O)CC/C(C)=C/Cc1c(OC)c(C)c2c(c1OCC[Si](C)(C)C)C(=O)OC2)OCC.COc1c(C)c2c(c(O)c1C/C=C(\C)CCC(=O)NCP(=O)(O)O)C(=O)OC2. The lowest BCUT2D eigenvalue weighted by Crippen LogP contribution is -2.25. The quantitative estimate of drug-likeness (QED) is 0.0290. The van der Waals surface area contributed by atoms with Crippen molar-refractivity contribution in [2.75, 3.05) is 46.6 Å². The van der Waals surface area contributed by atoms with Gasteiger partial charge in [-0.3, -0.25) is 18.7 Å². The monoisotopic (exact) mass is 982 g/mol. The van der Waals surface area contributed by atoms with Crippen LogP contribution in [0.3, 0.4) is 0 Å². The molecule has 21 heteroatoms. The summed E-state index contributed by atoms with van der Waals surface area (Å²) in [6.45, 7) is 19.1. The van der Waals surface area contributed by atoms with Crippen molar-refractivity contribution in [1.82, 2.24) is 10.6 Å². The Labute approximate surface area is 388 Å². The maximum Gasteiger partial charge on any atom is 0.349 e. The van der Waals surface area contributed by atoms with E-state index in [1.165, 1.54) is 7.11 Å². The Bertz CT molecular complexity index is 2250. The third kappa shape index (κ3) is 16.1. The van der Waals surface area contributed by atoms with Crippen molar-refractivity contribution in [3.8, 4) is 23.0 Å². The molecule has 0 atom stereocenters. The number of carbonyl (C=O) groups is 4. The van der Waals surface area contributed by atoms with Crippen LogP contribution in [0, 0.1) is 13.8 Å². The van der Waals surface area contributed by atoms with Crippen LogP contribution in [0.2, 0.25) is 25.7 Å². The topological polar surface area (TPSA) is 252 Å². The van der Waals surface area contributed by atoms with Crippen molar-refractivity contribution in [2.45, 2.75) is 119 Å². The number of allylic oxidation sites excluding steroid dienone is 4. The Kier molecular flexibility index (Phi) is 21.2. The molecule has 2 aromatic carbocycles. The van der Waals surface area contributed by atoms with Crippen LogP contribution in [-0.4, -0.2) is 93.3 Å². The maximum atomic E-state index is 12.6. The zero-order chi connectivity index (χ0) is 49.6. The number of amides is 2. The van der Waals surface area contributed by atoms with E-state index in [9.17, 15) is 33.4 Å². The van der Waals surface area contributed by atoms with Gasteiger partial charge in [0.15, 0.2) is 0 Å². The zero-order valence-corrected chi connectivity index (χ0v) is 42.9. The van der Waals surface area contributed by atoms with Gasteiger partial charge < -0.3 is 58.3 Å². The van der Waals surface area contributed by atoms with Crippen LogP contribution in [0.15, 0.2) is 23.3 Å². The van der Waals surface area contributed by atoms with E-state index in [4.69, 9.17) is 42.5 Å². The molecule has 0 spiro atoms. The second-order valence-electron chi connectivity index (χ2n) is 17.1. The molecule has 2 heterocycles. The Hall–Kier alpha value is -4.48. The van der Waals surface area contributed by atoms with E-state index in [0.29, 0.717) is 59.8 Å². The number of esters is 2. The lowest BCUT2D eigenvalue weighted by Gasteiger charge is -2.21. The first-order valence-electron chi connectivity index (χ1n) is 21.8. The summed E-state index contributed by atoms with van der Waals surface area (Å²) >= 11 is 0. The van der Waals surface area contributed by atoms with E-state index in [-0.39, 0.29) is 75.2 Å². The lowest BCUT2D eigenvalue weighted by atomic mass is 9.94. The Morgan fingerprint density at radius 2 is 1.18 bits per heavy atom. The Morgan fingerprint density at radius 3 is 1.65 bits per heavy atom. The largest absolute Gasteiger partial charge is 0.507 e. The molecular formula is C45H68N2O16P2Si. The first-order valence-corrected chi connectivity index (χ1v) is 29.0. The minimum atomic E-state index is -4.28.